The number of nitrogens with zero attached hydrogens (tertiary/aromatic N) is 2. The molecular formula is C29H26BClFN4O13P. The summed E-state index contributed by atoms with van der Waals surface area (Å²) in [6.07, 6.45) is -0.252. The number of benzene rings is 3. The van der Waals surface area contributed by atoms with E-state index in [1.807, 2.05) is 0 Å². The number of piperazine rings is 1. The highest BCUT2D eigenvalue weighted by Gasteiger charge is 2.42. The molecule has 2 heterocycles. The van der Waals surface area contributed by atoms with E-state index in [4.69, 9.17) is 16.3 Å². The van der Waals surface area contributed by atoms with E-state index in [-0.39, 0.29) is 47.8 Å². The summed E-state index contributed by atoms with van der Waals surface area (Å²) in [7, 11) is -6.61. The topological polar surface area (TPSA) is 264 Å². The first-order chi connectivity index (χ1) is 23.5. The third-order valence-electron chi connectivity index (χ3n) is 7.90. The summed E-state index contributed by atoms with van der Waals surface area (Å²) < 4.78 is 31.1. The van der Waals surface area contributed by atoms with Crippen LogP contribution in [0.15, 0.2) is 48.5 Å². The highest BCUT2D eigenvalue weighted by Crippen LogP contribution is 2.35. The van der Waals surface area contributed by atoms with Crippen LogP contribution in [0.4, 0.5) is 9.18 Å². The number of phenolic OH excluding ortho intramolecular Hbond substituents is 2. The molecule has 1 fully saturated rings. The Hall–Kier alpha value is -5.20. The van der Waals surface area contributed by atoms with Crippen molar-refractivity contribution < 1.29 is 67.7 Å². The summed E-state index contributed by atoms with van der Waals surface area (Å²) in [6, 6.07) is 5.53. The molecule has 3 aromatic carbocycles. The number of hydrogen-bond donors (Lipinski definition) is 8. The number of hydrogen-bond acceptors (Lipinski definition) is 10. The standard InChI is InChI=1S/C29H26BClFN4O13P/c31-17-11-20(38)19(37)9-15(17)12-35-7-8-36(27(41)26(35)40)29(44)34-23(13-1-4-16(5-2-13)50(46,47)48)25(39)33-21-10-14-3-6-18(32)22(28(42)43)24(14)49-30(21)45/h1-6,9,11,21,23,37-38,45H,7-8,10,12H2,(H,33,39)(H,34,44)(H,42,43)(H2,46,47,48)/t21-,23?/m0/s1. The number of imide groups is 1. The second kappa shape index (κ2) is 14.0. The van der Waals surface area contributed by atoms with Gasteiger partial charge >= 0.3 is 38.5 Å². The molecule has 17 nitrogen and oxygen atoms in total. The van der Waals surface area contributed by atoms with Gasteiger partial charge in [-0.2, -0.15) is 0 Å². The first-order valence-electron chi connectivity index (χ1n) is 14.4. The van der Waals surface area contributed by atoms with Gasteiger partial charge < -0.3 is 50.3 Å². The zero-order valence-corrected chi connectivity index (χ0v) is 27.0. The van der Waals surface area contributed by atoms with E-state index in [2.05, 4.69) is 10.6 Å². The van der Waals surface area contributed by atoms with Gasteiger partial charge in [0.1, 0.15) is 23.2 Å². The van der Waals surface area contributed by atoms with Crippen molar-refractivity contribution in [2.24, 2.45) is 0 Å². The van der Waals surface area contributed by atoms with Crippen LogP contribution in [0.3, 0.4) is 0 Å². The fraction of sp³-hybridized carbons (Fsp3) is 0.207. The van der Waals surface area contributed by atoms with Gasteiger partial charge in [-0.3, -0.25) is 23.8 Å². The number of halogens is 2. The van der Waals surface area contributed by atoms with E-state index in [1.165, 1.54) is 6.07 Å². The van der Waals surface area contributed by atoms with Crippen LogP contribution in [-0.2, 0) is 31.9 Å². The fourth-order valence-corrected chi connectivity index (χ4v) is 6.08. The molecule has 2 atom stereocenters. The summed E-state index contributed by atoms with van der Waals surface area (Å²) in [5.74, 6) is -8.99. The summed E-state index contributed by atoms with van der Waals surface area (Å²) in [6.45, 7) is -0.828. The lowest BCUT2D eigenvalue weighted by Gasteiger charge is -2.34. The second-order valence-electron chi connectivity index (χ2n) is 11.2. The Morgan fingerprint density at radius 1 is 1.04 bits per heavy atom. The number of rotatable bonds is 8. The Bertz CT molecular complexity index is 1960. The molecule has 0 aliphatic carbocycles. The molecule has 50 heavy (non-hydrogen) atoms. The Balaban J connectivity index is 1.36. The smallest absolute Gasteiger partial charge is 0.534 e. The molecule has 1 unspecified atom stereocenters. The number of carboxylic acid groups (broad SMARTS) is 1. The first-order valence-corrected chi connectivity index (χ1v) is 16.4. The number of nitrogens with one attached hydrogen (secondary N) is 2. The van der Waals surface area contributed by atoms with E-state index in [1.54, 1.807) is 0 Å². The monoisotopic (exact) mass is 734 g/mol. The summed E-state index contributed by atoms with van der Waals surface area (Å²) >= 11 is 6.08. The third-order valence-corrected chi connectivity index (χ3v) is 9.23. The van der Waals surface area contributed by atoms with Crippen LogP contribution < -0.4 is 20.6 Å². The van der Waals surface area contributed by atoms with Gasteiger partial charge in [0, 0.05) is 30.7 Å². The van der Waals surface area contributed by atoms with Crippen molar-refractivity contribution in [3.8, 4) is 17.2 Å². The summed E-state index contributed by atoms with van der Waals surface area (Å²) in [5, 5.41) is 43.7. The molecular weight excluding hydrogens is 709 g/mol. The van der Waals surface area contributed by atoms with E-state index in [9.17, 15) is 63.1 Å². The summed E-state index contributed by atoms with van der Waals surface area (Å²) in [5.41, 5.74) is -0.562. The molecule has 5 amide bonds. The van der Waals surface area contributed by atoms with Gasteiger partial charge in [0.25, 0.3) is 0 Å². The molecule has 0 radical (unpaired) electrons. The number of carbonyl (C=O) groups excluding carboxylic acids is 4. The normalized spacial score (nSPS) is 16.7. The van der Waals surface area contributed by atoms with Crippen molar-refractivity contribution in [3.05, 3.63) is 81.6 Å². The Morgan fingerprint density at radius 3 is 2.34 bits per heavy atom. The largest absolute Gasteiger partial charge is 0.547 e. The molecule has 262 valence electrons. The number of carboxylic acids is 1. The maximum atomic E-state index is 14.2. The maximum absolute atomic E-state index is 14.2. The van der Waals surface area contributed by atoms with Crippen LogP contribution in [0.5, 0.6) is 17.2 Å². The van der Waals surface area contributed by atoms with Crippen molar-refractivity contribution in [3.63, 3.8) is 0 Å². The van der Waals surface area contributed by atoms with Crippen LogP contribution in [0.1, 0.15) is 33.1 Å². The zero-order chi connectivity index (χ0) is 36.7. The summed E-state index contributed by atoms with van der Waals surface area (Å²) in [4.78, 5) is 85.2. The number of aromatic carboxylic acids is 1. The van der Waals surface area contributed by atoms with Crippen molar-refractivity contribution in [1.29, 1.82) is 0 Å². The predicted octanol–water partition coefficient (Wildman–Crippen LogP) is 0.153. The average Bonchev–Trinajstić information content (AvgIpc) is 3.04. The van der Waals surface area contributed by atoms with Gasteiger partial charge in [-0.1, -0.05) is 29.8 Å². The quantitative estimate of drug-likeness (QED) is 0.0664. The lowest BCUT2D eigenvalue weighted by atomic mass is 9.72. The molecule has 2 aliphatic rings. The number of aromatic hydroxyl groups is 2. The number of carbonyl (C=O) groups is 5. The third kappa shape index (κ3) is 7.36. The molecule has 1 saturated heterocycles. The molecule has 5 rings (SSSR count). The predicted molar refractivity (Wildman–Crippen MR) is 169 cm³/mol. The maximum Gasteiger partial charge on any atom is 0.547 e. The number of fused-ring (bicyclic) bond motifs is 1. The number of urea groups is 1. The highest BCUT2D eigenvalue weighted by atomic mass is 35.5. The van der Waals surface area contributed by atoms with Crippen molar-refractivity contribution in [2.75, 3.05) is 13.1 Å². The lowest BCUT2D eigenvalue weighted by Crippen LogP contribution is -2.60. The Labute approximate surface area is 286 Å². The molecule has 0 aromatic heterocycles. The van der Waals surface area contributed by atoms with Crippen LogP contribution in [0, 0.1) is 5.82 Å². The van der Waals surface area contributed by atoms with Crippen LogP contribution in [-0.4, -0.2) is 95.8 Å². The zero-order valence-electron chi connectivity index (χ0n) is 25.3. The Morgan fingerprint density at radius 2 is 1.70 bits per heavy atom. The second-order valence-corrected chi connectivity index (χ2v) is 13.2. The fourth-order valence-electron chi connectivity index (χ4n) is 5.33. The van der Waals surface area contributed by atoms with Gasteiger partial charge in [-0.25, -0.2) is 14.0 Å². The average molecular weight is 735 g/mol. The highest BCUT2D eigenvalue weighted by molar-refractivity contribution is 7.60. The molecule has 0 spiro atoms. The van der Waals surface area contributed by atoms with Gasteiger partial charge in [-0.15, -0.1) is 0 Å². The molecule has 0 saturated carbocycles. The van der Waals surface area contributed by atoms with Crippen LogP contribution >= 0.6 is 19.2 Å². The molecule has 3 aromatic rings. The minimum Gasteiger partial charge on any atom is -0.534 e. The number of phenols is 2. The van der Waals surface area contributed by atoms with E-state index in [0.717, 1.165) is 47.4 Å². The van der Waals surface area contributed by atoms with Gasteiger partial charge in [0.05, 0.1) is 11.2 Å². The lowest BCUT2D eigenvalue weighted by molar-refractivity contribution is -0.154. The Kier molecular flexibility index (Phi) is 10.1. The van der Waals surface area contributed by atoms with Crippen molar-refractivity contribution in [2.45, 2.75) is 24.9 Å². The minimum absolute atomic E-state index is 0.00851. The van der Waals surface area contributed by atoms with Crippen LogP contribution in [0.25, 0.3) is 0 Å². The van der Waals surface area contributed by atoms with E-state index in [0.29, 0.717) is 4.90 Å². The number of amides is 5. The van der Waals surface area contributed by atoms with Gasteiger partial charge in [-0.05, 0) is 47.4 Å². The van der Waals surface area contributed by atoms with Crippen molar-refractivity contribution in [1.82, 2.24) is 20.4 Å². The van der Waals surface area contributed by atoms with Crippen LogP contribution in [0.2, 0.25) is 5.02 Å². The SMILES string of the molecule is O=C(O)c1c(F)ccc2c1OB(O)[C@@H](NC(=O)C(NC(=O)N1CCN(Cc3cc(O)c(O)cc3Cl)C(=O)C1=O)c1ccc(P(=O)(O)O)cc1)C2. The van der Waals surface area contributed by atoms with E-state index >= 15 is 0 Å². The van der Waals surface area contributed by atoms with Crippen molar-refractivity contribution >= 4 is 61.3 Å². The minimum atomic E-state index is -4.71. The first kappa shape index (κ1) is 36.1. The molecule has 8 N–H and O–H groups in total. The van der Waals surface area contributed by atoms with Gasteiger partial charge in [0.2, 0.25) is 5.91 Å². The van der Waals surface area contributed by atoms with E-state index < -0.39 is 90.4 Å². The molecule has 0 bridgehead atoms. The van der Waals surface area contributed by atoms with Gasteiger partial charge in [0.15, 0.2) is 11.5 Å². The molecule has 21 heteroatoms. The molecule has 2 aliphatic heterocycles.